The Morgan fingerprint density at radius 1 is 1.38 bits per heavy atom. The molecule has 0 bridgehead atoms. The minimum Gasteiger partial charge on any atom is -0.497 e. The lowest BCUT2D eigenvalue weighted by Crippen LogP contribution is -2.54. The molecule has 0 aliphatic carbocycles. The number of aliphatic imine (C=N–C) groups is 1. The lowest BCUT2D eigenvalue weighted by Gasteiger charge is -2.33. The molecule has 2 aromatic rings. The molecule has 8 nitrogen and oxygen atoms in total. The van der Waals surface area contributed by atoms with Crippen molar-refractivity contribution in [3.05, 3.63) is 53.9 Å². The van der Waals surface area contributed by atoms with Gasteiger partial charge in [0.15, 0.2) is 5.66 Å². The van der Waals surface area contributed by atoms with Crippen molar-refractivity contribution < 1.29 is 4.74 Å². The monoisotopic (exact) mass is 327 g/mol. The van der Waals surface area contributed by atoms with Crippen LogP contribution < -0.4 is 15.8 Å². The Bertz CT molecular complexity index is 808. The number of pyridine rings is 1. The van der Waals surface area contributed by atoms with Crippen molar-refractivity contribution in [2.75, 3.05) is 21.2 Å². The summed E-state index contributed by atoms with van der Waals surface area (Å²) >= 11 is 0. The molecule has 3 heterocycles. The SMILES string of the molecule is COc1ccnc(C2(N)C=C(N(C)C)N=C(c3cnn(C)c3)N2)c1. The Labute approximate surface area is 140 Å². The predicted octanol–water partition coefficient (Wildman–Crippen LogP) is 0.388. The Kier molecular flexibility index (Phi) is 3.98. The molecule has 2 aromatic heterocycles. The molecule has 0 spiro atoms. The number of hydrogen-bond acceptors (Lipinski definition) is 7. The summed E-state index contributed by atoms with van der Waals surface area (Å²) in [5.74, 6) is 2.07. The second-order valence-corrected chi connectivity index (χ2v) is 5.83. The maximum absolute atomic E-state index is 6.63. The van der Waals surface area contributed by atoms with Crippen molar-refractivity contribution in [2.24, 2.45) is 17.8 Å². The lowest BCUT2D eigenvalue weighted by atomic mass is 10.0. The average molecular weight is 327 g/mol. The predicted molar refractivity (Wildman–Crippen MR) is 91.3 cm³/mol. The fraction of sp³-hybridized carbons (Fsp3) is 0.312. The first-order valence-corrected chi connectivity index (χ1v) is 7.47. The van der Waals surface area contributed by atoms with E-state index in [2.05, 4.69) is 20.4 Å². The van der Waals surface area contributed by atoms with Crippen molar-refractivity contribution in [1.29, 1.82) is 0 Å². The number of nitrogens with two attached hydrogens (primary N) is 1. The van der Waals surface area contributed by atoms with Gasteiger partial charge in [-0.25, -0.2) is 4.99 Å². The van der Waals surface area contributed by atoms with Crippen molar-refractivity contribution >= 4 is 5.84 Å². The standard InChI is InChI=1S/C16H21N7O/c1-22(2)14-8-16(17,13-7-12(24-4)5-6-18-13)21-15(20-14)11-9-19-23(3)10-11/h5-10H,17H2,1-4H3,(H,20,21). The van der Waals surface area contributed by atoms with Crippen LogP contribution in [0.3, 0.4) is 0 Å². The van der Waals surface area contributed by atoms with Crippen LogP contribution in [0.2, 0.25) is 0 Å². The van der Waals surface area contributed by atoms with Crippen LogP contribution in [0.5, 0.6) is 5.75 Å². The quantitative estimate of drug-likeness (QED) is 0.844. The van der Waals surface area contributed by atoms with Gasteiger partial charge < -0.3 is 20.7 Å². The van der Waals surface area contributed by atoms with Crippen molar-refractivity contribution in [3.8, 4) is 5.75 Å². The Morgan fingerprint density at radius 3 is 2.79 bits per heavy atom. The molecule has 126 valence electrons. The van der Waals surface area contributed by atoms with Crippen LogP contribution in [0.15, 0.2) is 47.6 Å². The van der Waals surface area contributed by atoms with Gasteiger partial charge >= 0.3 is 0 Å². The van der Waals surface area contributed by atoms with Crippen LogP contribution in [0.25, 0.3) is 0 Å². The second-order valence-electron chi connectivity index (χ2n) is 5.83. The van der Waals surface area contributed by atoms with Gasteiger partial charge in [-0.1, -0.05) is 0 Å². The highest BCUT2D eigenvalue weighted by atomic mass is 16.5. The van der Waals surface area contributed by atoms with Crippen molar-refractivity contribution in [1.82, 2.24) is 25.0 Å². The van der Waals surface area contributed by atoms with Crippen LogP contribution in [0.4, 0.5) is 0 Å². The van der Waals surface area contributed by atoms with E-state index in [1.807, 2.05) is 44.4 Å². The maximum atomic E-state index is 6.63. The van der Waals surface area contributed by atoms with Gasteiger partial charge in [0, 0.05) is 45.7 Å². The zero-order valence-electron chi connectivity index (χ0n) is 14.2. The van der Waals surface area contributed by atoms with Crippen molar-refractivity contribution in [3.63, 3.8) is 0 Å². The molecule has 1 unspecified atom stereocenters. The molecule has 0 saturated carbocycles. The van der Waals surface area contributed by atoms with E-state index >= 15 is 0 Å². The topological polar surface area (TPSA) is 93.6 Å². The number of nitrogens with zero attached hydrogens (tertiary/aromatic N) is 5. The molecular weight excluding hydrogens is 306 g/mol. The van der Waals surface area contributed by atoms with Gasteiger partial charge in [0.25, 0.3) is 0 Å². The number of hydrogen-bond donors (Lipinski definition) is 2. The zero-order chi connectivity index (χ0) is 17.3. The second kappa shape index (κ2) is 5.97. The molecule has 24 heavy (non-hydrogen) atoms. The van der Waals surface area contributed by atoms with Crippen LogP contribution in [0.1, 0.15) is 11.3 Å². The molecule has 0 fully saturated rings. The fourth-order valence-corrected chi connectivity index (χ4v) is 2.42. The number of rotatable bonds is 4. The molecule has 8 heteroatoms. The molecule has 1 aliphatic heterocycles. The highest BCUT2D eigenvalue weighted by Crippen LogP contribution is 2.25. The Hall–Kier alpha value is -2.87. The van der Waals surface area contributed by atoms with Crippen LogP contribution in [-0.2, 0) is 12.7 Å². The molecule has 0 aromatic carbocycles. The minimum absolute atomic E-state index is 0.637. The van der Waals surface area contributed by atoms with E-state index in [1.165, 1.54) is 0 Å². The number of aromatic nitrogens is 3. The first kappa shape index (κ1) is 16.0. The third-order valence-electron chi connectivity index (χ3n) is 3.74. The van der Waals surface area contributed by atoms with Gasteiger partial charge in [-0.15, -0.1) is 0 Å². The van der Waals surface area contributed by atoms with E-state index in [9.17, 15) is 0 Å². The summed E-state index contributed by atoms with van der Waals surface area (Å²) in [6.07, 6.45) is 7.13. The fourth-order valence-electron chi connectivity index (χ4n) is 2.42. The smallest absolute Gasteiger partial charge is 0.154 e. The summed E-state index contributed by atoms with van der Waals surface area (Å²) in [4.78, 5) is 10.9. The van der Waals surface area contributed by atoms with Gasteiger partial charge in [-0.3, -0.25) is 9.67 Å². The molecular formula is C16H21N7O. The average Bonchev–Trinajstić information content (AvgIpc) is 3.01. The number of ether oxygens (including phenoxy) is 1. The summed E-state index contributed by atoms with van der Waals surface area (Å²) in [5, 5.41) is 7.46. The lowest BCUT2D eigenvalue weighted by molar-refractivity contribution is 0.406. The number of methoxy groups -OCH3 is 1. The maximum Gasteiger partial charge on any atom is 0.154 e. The van der Waals surface area contributed by atoms with E-state index in [1.54, 1.807) is 30.3 Å². The molecule has 0 saturated heterocycles. The molecule has 3 rings (SSSR count). The summed E-state index contributed by atoms with van der Waals surface area (Å²) in [7, 11) is 7.30. The minimum atomic E-state index is -1.01. The normalized spacial score (nSPS) is 20.0. The third-order valence-corrected chi connectivity index (χ3v) is 3.74. The van der Waals surface area contributed by atoms with Gasteiger partial charge in [-0.05, 0) is 6.07 Å². The molecule has 1 aliphatic rings. The molecule has 0 amide bonds. The highest BCUT2D eigenvalue weighted by Gasteiger charge is 2.33. The summed E-state index contributed by atoms with van der Waals surface area (Å²) in [5.41, 5.74) is 7.10. The summed E-state index contributed by atoms with van der Waals surface area (Å²) < 4.78 is 7.00. The Morgan fingerprint density at radius 2 is 2.17 bits per heavy atom. The summed E-state index contributed by atoms with van der Waals surface area (Å²) in [6, 6.07) is 3.59. The van der Waals surface area contributed by atoms with Crippen molar-refractivity contribution in [2.45, 2.75) is 5.66 Å². The highest BCUT2D eigenvalue weighted by molar-refractivity contribution is 6.00. The van der Waals surface area contributed by atoms with Crippen LogP contribution in [0, 0.1) is 0 Å². The van der Waals surface area contributed by atoms with Crippen LogP contribution in [-0.4, -0.2) is 46.7 Å². The third kappa shape index (κ3) is 2.95. The van der Waals surface area contributed by atoms with E-state index in [0.29, 0.717) is 17.3 Å². The Balaban J connectivity index is 2.06. The van der Waals surface area contributed by atoms with E-state index < -0.39 is 5.66 Å². The first-order chi connectivity index (χ1) is 11.4. The van der Waals surface area contributed by atoms with E-state index in [-0.39, 0.29) is 0 Å². The largest absolute Gasteiger partial charge is 0.497 e. The first-order valence-electron chi connectivity index (χ1n) is 7.47. The van der Waals surface area contributed by atoms with E-state index in [0.717, 1.165) is 11.4 Å². The molecule has 3 N–H and O–H groups in total. The van der Waals surface area contributed by atoms with Gasteiger partial charge in [0.2, 0.25) is 0 Å². The molecule has 0 radical (unpaired) electrons. The number of nitrogens with one attached hydrogen (secondary N) is 1. The number of amidine groups is 1. The van der Waals surface area contributed by atoms with Gasteiger partial charge in [0.05, 0.1) is 24.6 Å². The van der Waals surface area contributed by atoms with Gasteiger partial charge in [0.1, 0.15) is 17.4 Å². The molecule has 1 atom stereocenters. The summed E-state index contributed by atoms with van der Waals surface area (Å²) in [6.45, 7) is 0. The van der Waals surface area contributed by atoms with Gasteiger partial charge in [-0.2, -0.15) is 5.10 Å². The van der Waals surface area contributed by atoms with E-state index in [4.69, 9.17) is 10.5 Å². The number of aryl methyl sites for hydroxylation is 1. The zero-order valence-corrected chi connectivity index (χ0v) is 14.2. The van der Waals surface area contributed by atoms with Crippen LogP contribution >= 0.6 is 0 Å².